The minimum absolute atomic E-state index is 0.00414. The van der Waals surface area contributed by atoms with E-state index < -0.39 is 36.5 Å². The molecule has 0 spiro atoms. The molecule has 2 aliphatic heterocycles. The second-order valence-electron chi connectivity index (χ2n) is 10.4. The summed E-state index contributed by atoms with van der Waals surface area (Å²) in [5, 5.41) is 13.8. The lowest BCUT2D eigenvalue weighted by molar-refractivity contribution is -0.151. The Hall–Kier alpha value is -4.16. The molecule has 0 saturated heterocycles. The summed E-state index contributed by atoms with van der Waals surface area (Å²) in [5.41, 5.74) is 2.63. The van der Waals surface area contributed by atoms with Crippen molar-refractivity contribution in [2.45, 2.75) is 69.7 Å². The van der Waals surface area contributed by atoms with Gasteiger partial charge in [-0.25, -0.2) is 0 Å². The summed E-state index contributed by atoms with van der Waals surface area (Å²) in [7, 11) is 0. The maximum atomic E-state index is 12.7. The van der Waals surface area contributed by atoms with Crippen LogP contribution in [-0.2, 0) is 23.8 Å². The van der Waals surface area contributed by atoms with Gasteiger partial charge in [0.15, 0.2) is 6.10 Å². The zero-order valence-electron chi connectivity index (χ0n) is 24.6. The van der Waals surface area contributed by atoms with Gasteiger partial charge in [-0.2, -0.15) is 0 Å². The molecule has 4 rings (SSSR count). The van der Waals surface area contributed by atoms with Crippen LogP contribution in [0.15, 0.2) is 96.7 Å². The molecule has 43 heavy (non-hydrogen) atoms. The molecule has 0 aromatic heterocycles. The van der Waals surface area contributed by atoms with Gasteiger partial charge in [0.1, 0.15) is 36.8 Å². The van der Waals surface area contributed by atoms with Gasteiger partial charge in [-0.05, 0) is 69.2 Å². The number of aliphatic hydroxyl groups excluding tert-OH is 1. The van der Waals surface area contributed by atoms with E-state index in [4.69, 9.17) is 23.8 Å². The number of carbonyl (C=O) groups is 1. The number of hydrogen-bond donors (Lipinski definition) is 1. The molecule has 8 nitrogen and oxygen atoms in total. The lowest BCUT2D eigenvalue weighted by atomic mass is 10.1. The molecule has 0 amide bonds. The fourth-order valence-electron chi connectivity index (χ4n) is 4.41. The quantitative estimate of drug-likeness (QED) is 0.122. The first kappa shape index (κ1) is 31.8. The van der Waals surface area contributed by atoms with Crippen LogP contribution >= 0.6 is 0 Å². The number of benzene rings is 2. The van der Waals surface area contributed by atoms with Gasteiger partial charge in [-0.1, -0.05) is 65.0 Å². The van der Waals surface area contributed by atoms with Crippen molar-refractivity contribution in [3.05, 3.63) is 103 Å². The number of rotatable bonds is 12. The Bertz CT molecular complexity index is 1340. The van der Waals surface area contributed by atoms with Crippen LogP contribution in [0.25, 0.3) is 0 Å². The molecule has 0 radical (unpaired) electrons. The molecule has 8 heteroatoms. The van der Waals surface area contributed by atoms with Crippen LogP contribution in [0.4, 0.5) is 0 Å². The van der Waals surface area contributed by atoms with Gasteiger partial charge in [0, 0.05) is 5.56 Å². The van der Waals surface area contributed by atoms with Crippen molar-refractivity contribution in [2.24, 2.45) is 5.16 Å². The van der Waals surface area contributed by atoms with Crippen molar-refractivity contribution in [1.29, 1.82) is 0 Å². The average Bonchev–Trinajstić information content (AvgIpc) is 3.03. The zero-order chi connectivity index (χ0) is 30.4. The standard InChI is InChI=1S/C35H39NO7/c1-4-8-28-19-21-32(33(23-37)41-28)43-36-26(3)13-22-35(38)39-24-34-31(40-29-15-11-25(2)12-16-29)20-18-30(42-34)17-14-27-9-6-5-7-10-27/h4-7,9-12,15-16,18-21,28,30-34,37H,1,8,13,22-24H2,2-3H3/b36-26+/t28-,30-,31+,32?,33-,34-/m1/s1. The van der Waals surface area contributed by atoms with Gasteiger partial charge in [0.05, 0.1) is 24.8 Å². The van der Waals surface area contributed by atoms with Crippen LogP contribution in [0.5, 0.6) is 5.75 Å². The molecular formula is C35H39NO7. The lowest BCUT2D eigenvalue weighted by Gasteiger charge is -2.30. The fraction of sp³-hybridized carbons (Fsp3) is 0.371. The first-order chi connectivity index (χ1) is 20.9. The van der Waals surface area contributed by atoms with Crippen LogP contribution in [-0.4, -0.2) is 66.6 Å². The number of esters is 1. The Labute approximate surface area is 253 Å². The Morgan fingerprint density at radius 3 is 2.51 bits per heavy atom. The SMILES string of the molecule is C=CC[C@@H]1C=CC(O/N=C(\C)CCC(=O)OC[C@H]2O[C@H](C#Cc3ccccc3)C=C[C@@H]2Oc2ccc(C)cc2)[C@@H](CO)O1. The van der Waals surface area contributed by atoms with Crippen LogP contribution < -0.4 is 4.74 Å². The molecular weight excluding hydrogens is 546 g/mol. The van der Waals surface area contributed by atoms with Gasteiger partial charge in [0.2, 0.25) is 0 Å². The maximum absolute atomic E-state index is 12.7. The van der Waals surface area contributed by atoms with E-state index in [1.54, 1.807) is 13.0 Å². The van der Waals surface area contributed by atoms with Crippen molar-refractivity contribution in [3.8, 4) is 17.6 Å². The highest BCUT2D eigenvalue weighted by atomic mass is 16.7. The average molecular weight is 586 g/mol. The first-order valence-electron chi connectivity index (χ1n) is 14.5. The molecule has 226 valence electrons. The number of oxime groups is 1. The van der Waals surface area contributed by atoms with Crippen molar-refractivity contribution in [3.63, 3.8) is 0 Å². The van der Waals surface area contributed by atoms with Crippen LogP contribution in [0.1, 0.15) is 37.3 Å². The van der Waals surface area contributed by atoms with E-state index in [1.165, 1.54) is 0 Å². The van der Waals surface area contributed by atoms with Crippen LogP contribution in [0.3, 0.4) is 0 Å². The van der Waals surface area contributed by atoms with Gasteiger partial charge >= 0.3 is 5.97 Å². The molecule has 6 atom stereocenters. The molecule has 0 saturated carbocycles. The molecule has 2 aromatic rings. The number of hydrogen-bond acceptors (Lipinski definition) is 8. The Balaban J connectivity index is 1.31. The smallest absolute Gasteiger partial charge is 0.306 e. The topological polar surface area (TPSA) is 95.8 Å². The van der Waals surface area contributed by atoms with Gasteiger partial charge in [-0.15, -0.1) is 6.58 Å². The van der Waals surface area contributed by atoms with Gasteiger partial charge in [-0.3, -0.25) is 4.79 Å². The largest absolute Gasteiger partial charge is 0.483 e. The predicted octanol–water partition coefficient (Wildman–Crippen LogP) is 5.09. The van der Waals surface area contributed by atoms with Crippen LogP contribution in [0.2, 0.25) is 0 Å². The van der Waals surface area contributed by atoms with E-state index in [1.807, 2.05) is 85.8 Å². The number of ether oxygens (including phenoxy) is 4. The second kappa shape index (κ2) is 16.5. The molecule has 1 N–H and O–H groups in total. The van der Waals surface area contributed by atoms with Crippen molar-refractivity contribution < 1.29 is 33.7 Å². The van der Waals surface area contributed by atoms with E-state index in [-0.39, 0.29) is 25.7 Å². The lowest BCUT2D eigenvalue weighted by Crippen LogP contribution is -2.42. The number of carbonyl (C=O) groups excluding carboxylic acids is 1. The van der Waals surface area contributed by atoms with E-state index in [2.05, 4.69) is 23.6 Å². The summed E-state index contributed by atoms with van der Waals surface area (Å²) in [4.78, 5) is 18.2. The third-order valence-electron chi connectivity index (χ3n) is 6.83. The van der Waals surface area contributed by atoms with Crippen molar-refractivity contribution >= 4 is 11.7 Å². The van der Waals surface area contributed by atoms with E-state index in [9.17, 15) is 9.90 Å². The molecule has 0 aliphatic carbocycles. The third-order valence-corrected chi connectivity index (χ3v) is 6.83. The molecule has 0 fully saturated rings. The van der Waals surface area contributed by atoms with Crippen molar-refractivity contribution in [2.75, 3.05) is 13.2 Å². The summed E-state index contributed by atoms with van der Waals surface area (Å²) >= 11 is 0. The normalized spacial score (nSPS) is 24.9. The predicted molar refractivity (Wildman–Crippen MR) is 165 cm³/mol. The minimum Gasteiger partial charge on any atom is -0.483 e. The summed E-state index contributed by atoms with van der Waals surface area (Å²) in [5.74, 6) is 6.55. The first-order valence-corrected chi connectivity index (χ1v) is 14.5. The van der Waals surface area contributed by atoms with Crippen molar-refractivity contribution in [1.82, 2.24) is 0 Å². The summed E-state index contributed by atoms with van der Waals surface area (Å²) < 4.78 is 23.8. The van der Waals surface area contributed by atoms with Crippen LogP contribution in [0, 0.1) is 18.8 Å². The van der Waals surface area contributed by atoms with E-state index in [0.717, 1.165) is 11.1 Å². The maximum Gasteiger partial charge on any atom is 0.306 e. The fourth-order valence-corrected chi connectivity index (χ4v) is 4.41. The molecule has 2 aromatic carbocycles. The highest BCUT2D eigenvalue weighted by Gasteiger charge is 2.30. The van der Waals surface area contributed by atoms with E-state index >= 15 is 0 Å². The number of aliphatic hydroxyl groups is 1. The number of aryl methyl sites for hydroxylation is 1. The third kappa shape index (κ3) is 10.3. The second-order valence-corrected chi connectivity index (χ2v) is 10.4. The zero-order valence-corrected chi connectivity index (χ0v) is 24.6. The minimum atomic E-state index is -0.554. The highest BCUT2D eigenvalue weighted by Crippen LogP contribution is 2.22. The Morgan fingerprint density at radius 1 is 1.00 bits per heavy atom. The monoisotopic (exact) mass is 585 g/mol. The molecule has 2 aliphatic rings. The highest BCUT2D eigenvalue weighted by molar-refractivity contribution is 5.85. The summed E-state index contributed by atoms with van der Waals surface area (Å²) in [6.45, 7) is 7.30. The Morgan fingerprint density at radius 2 is 1.77 bits per heavy atom. The molecule has 2 heterocycles. The molecule has 0 bridgehead atoms. The van der Waals surface area contributed by atoms with Gasteiger partial charge in [0.25, 0.3) is 0 Å². The summed E-state index contributed by atoms with van der Waals surface area (Å²) in [6, 6.07) is 17.4. The summed E-state index contributed by atoms with van der Waals surface area (Å²) in [6.07, 6.45) is 7.65. The number of nitrogens with zero attached hydrogens (tertiary/aromatic N) is 1. The van der Waals surface area contributed by atoms with Gasteiger partial charge < -0.3 is 28.9 Å². The Kier molecular flexibility index (Phi) is 12.2. The van der Waals surface area contributed by atoms with E-state index in [0.29, 0.717) is 24.3 Å². The molecule has 1 unspecified atom stereocenters.